The molecular formula is C19H25N3O2S. The molecule has 5 nitrogen and oxygen atoms in total. The van der Waals surface area contributed by atoms with E-state index in [2.05, 4.69) is 22.2 Å². The third kappa shape index (κ3) is 3.64. The van der Waals surface area contributed by atoms with Crippen molar-refractivity contribution >= 4 is 27.5 Å². The van der Waals surface area contributed by atoms with Crippen molar-refractivity contribution in [1.82, 2.24) is 15.3 Å². The third-order valence-electron chi connectivity index (χ3n) is 5.37. The van der Waals surface area contributed by atoms with Gasteiger partial charge in [0.1, 0.15) is 11.2 Å². The number of ether oxygens (including phenoxy) is 1. The minimum absolute atomic E-state index is 0.0314. The van der Waals surface area contributed by atoms with Crippen LogP contribution in [0.25, 0.3) is 10.2 Å². The number of carbonyl (C=O) groups excluding carboxylic acids is 1. The van der Waals surface area contributed by atoms with Gasteiger partial charge in [0.15, 0.2) is 6.61 Å². The van der Waals surface area contributed by atoms with Gasteiger partial charge in [-0.05, 0) is 43.6 Å². The second-order valence-electron chi connectivity index (χ2n) is 7.40. The van der Waals surface area contributed by atoms with Gasteiger partial charge < -0.3 is 10.1 Å². The molecule has 1 fully saturated rings. The van der Waals surface area contributed by atoms with Crippen LogP contribution in [0, 0.1) is 5.92 Å². The lowest BCUT2D eigenvalue weighted by Crippen LogP contribution is -2.39. The Morgan fingerprint density at radius 1 is 1.28 bits per heavy atom. The number of rotatable bonds is 4. The summed E-state index contributed by atoms with van der Waals surface area (Å²) in [7, 11) is 0. The monoisotopic (exact) mass is 359 g/mol. The van der Waals surface area contributed by atoms with E-state index in [1.54, 1.807) is 17.7 Å². The molecule has 1 amide bonds. The highest BCUT2D eigenvalue weighted by Crippen LogP contribution is 2.40. The van der Waals surface area contributed by atoms with E-state index in [1.165, 1.54) is 36.1 Å². The summed E-state index contributed by atoms with van der Waals surface area (Å²) in [6.45, 7) is 2.33. The zero-order valence-corrected chi connectivity index (χ0v) is 15.5. The van der Waals surface area contributed by atoms with Gasteiger partial charge in [-0.25, -0.2) is 9.97 Å². The third-order valence-corrected chi connectivity index (χ3v) is 6.53. The Kier molecular flexibility index (Phi) is 4.88. The van der Waals surface area contributed by atoms with Gasteiger partial charge in [-0.2, -0.15) is 0 Å². The van der Waals surface area contributed by atoms with E-state index < -0.39 is 0 Å². The molecule has 2 aromatic rings. The van der Waals surface area contributed by atoms with Crippen molar-refractivity contribution in [2.75, 3.05) is 6.61 Å². The molecule has 0 saturated heterocycles. The molecule has 2 aromatic heterocycles. The predicted molar refractivity (Wildman–Crippen MR) is 99.1 cm³/mol. The molecule has 0 unspecified atom stereocenters. The van der Waals surface area contributed by atoms with Gasteiger partial charge in [0.2, 0.25) is 5.88 Å². The van der Waals surface area contributed by atoms with E-state index in [1.807, 2.05) is 0 Å². The number of hydrogen-bond donors (Lipinski definition) is 1. The quantitative estimate of drug-likeness (QED) is 0.905. The molecule has 2 heterocycles. The highest BCUT2D eigenvalue weighted by atomic mass is 32.1. The van der Waals surface area contributed by atoms with E-state index in [0.29, 0.717) is 11.9 Å². The lowest BCUT2D eigenvalue weighted by atomic mass is 9.89. The Morgan fingerprint density at radius 2 is 2.12 bits per heavy atom. The zero-order valence-electron chi connectivity index (χ0n) is 14.7. The molecule has 6 heteroatoms. The molecule has 134 valence electrons. The summed E-state index contributed by atoms with van der Waals surface area (Å²) >= 11 is 1.75. The van der Waals surface area contributed by atoms with Crippen molar-refractivity contribution in [3.8, 4) is 5.88 Å². The SMILES string of the molecule is C[C@H]1CCc2c(sc3ncnc(OCC(=O)NC4CCCCC4)c23)C1. The van der Waals surface area contributed by atoms with Crippen molar-refractivity contribution in [2.24, 2.45) is 5.92 Å². The lowest BCUT2D eigenvalue weighted by Gasteiger charge is -2.22. The largest absolute Gasteiger partial charge is 0.467 e. The van der Waals surface area contributed by atoms with Crippen molar-refractivity contribution in [3.05, 3.63) is 16.8 Å². The van der Waals surface area contributed by atoms with Gasteiger partial charge >= 0.3 is 0 Å². The van der Waals surface area contributed by atoms with Crippen LogP contribution in [-0.4, -0.2) is 28.5 Å². The van der Waals surface area contributed by atoms with Gasteiger partial charge in [-0.15, -0.1) is 11.3 Å². The van der Waals surface area contributed by atoms with Crippen LogP contribution >= 0.6 is 11.3 Å². The summed E-state index contributed by atoms with van der Waals surface area (Å²) < 4.78 is 5.82. The first-order valence-corrected chi connectivity index (χ1v) is 10.2. The summed E-state index contributed by atoms with van der Waals surface area (Å²) in [5.41, 5.74) is 1.33. The molecule has 1 N–H and O–H groups in total. The maximum atomic E-state index is 12.2. The summed E-state index contributed by atoms with van der Waals surface area (Å²) in [4.78, 5) is 23.3. The normalized spacial score (nSPS) is 21.1. The maximum Gasteiger partial charge on any atom is 0.258 e. The average Bonchev–Trinajstić information content (AvgIpc) is 2.98. The van der Waals surface area contributed by atoms with E-state index in [9.17, 15) is 4.79 Å². The first kappa shape index (κ1) is 16.8. The summed E-state index contributed by atoms with van der Waals surface area (Å²) in [5, 5.41) is 4.12. The fourth-order valence-corrected chi connectivity index (χ4v) is 5.35. The molecule has 0 bridgehead atoms. The van der Waals surface area contributed by atoms with E-state index >= 15 is 0 Å². The molecule has 25 heavy (non-hydrogen) atoms. The Bertz CT molecular complexity index is 767. The standard InChI is InChI=1S/C19H25N3O2S/c1-12-7-8-14-15(9-12)25-19-17(14)18(20-11-21-19)24-10-16(23)22-13-5-3-2-4-6-13/h11-13H,2-10H2,1H3,(H,22,23)/t12-/m0/s1. The van der Waals surface area contributed by atoms with Gasteiger partial charge in [-0.3, -0.25) is 4.79 Å². The second-order valence-corrected chi connectivity index (χ2v) is 8.49. The number of nitrogens with zero attached hydrogens (tertiary/aromatic N) is 2. The van der Waals surface area contributed by atoms with Crippen LogP contribution in [-0.2, 0) is 17.6 Å². The van der Waals surface area contributed by atoms with Gasteiger partial charge in [0, 0.05) is 10.9 Å². The van der Waals surface area contributed by atoms with Gasteiger partial charge in [0.25, 0.3) is 5.91 Å². The van der Waals surface area contributed by atoms with Crippen LogP contribution in [0.1, 0.15) is 55.9 Å². The molecule has 1 atom stereocenters. The smallest absolute Gasteiger partial charge is 0.258 e. The number of carbonyl (C=O) groups is 1. The Balaban J connectivity index is 1.47. The average molecular weight is 359 g/mol. The number of nitrogens with one attached hydrogen (secondary N) is 1. The Hall–Kier alpha value is -1.69. The van der Waals surface area contributed by atoms with E-state index in [0.717, 1.165) is 41.8 Å². The number of hydrogen-bond acceptors (Lipinski definition) is 5. The summed E-state index contributed by atoms with van der Waals surface area (Å²) in [5.74, 6) is 1.24. The highest BCUT2D eigenvalue weighted by molar-refractivity contribution is 7.18. The molecule has 0 spiro atoms. The van der Waals surface area contributed by atoms with Crippen molar-refractivity contribution in [3.63, 3.8) is 0 Å². The molecule has 2 aliphatic carbocycles. The maximum absolute atomic E-state index is 12.2. The molecule has 2 aliphatic rings. The minimum Gasteiger partial charge on any atom is -0.467 e. The first-order valence-electron chi connectivity index (χ1n) is 9.38. The van der Waals surface area contributed by atoms with Gasteiger partial charge in [0.05, 0.1) is 5.39 Å². The van der Waals surface area contributed by atoms with Crippen molar-refractivity contribution < 1.29 is 9.53 Å². The van der Waals surface area contributed by atoms with Crippen LogP contribution in [0.5, 0.6) is 5.88 Å². The molecule has 0 aromatic carbocycles. The first-order chi connectivity index (χ1) is 12.2. The topological polar surface area (TPSA) is 64.1 Å². The number of fused-ring (bicyclic) bond motifs is 3. The highest BCUT2D eigenvalue weighted by Gasteiger charge is 2.24. The number of aryl methyl sites for hydroxylation is 1. The Labute approximate surface area is 152 Å². The lowest BCUT2D eigenvalue weighted by molar-refractivity contribution is -0.124. The van der Waals surface area contributed by atoms with E-state index in [4.69, 9.17) is 4.74 Å². The number of aromatic nitrogens is 2. The van der Waals surface area contributed by atoms with Crippen LogP contribution in [0.15, 0.2) is 6.33 Å². The predicted octanol–water partition coefficient (Wildman–Crippen LogP) is 3.64. The van der Waals surface area contributed by atoms with Crippen LogP contribution in [0.4, 0.5) is 0 Å². The number of thiophene rings is 1. The summed E-state index contributed by atoms with van der Waals surface area (Å²) in [6.07, 6.45) is 10.8. The zero-order chi connectivity index (χ0) is 17.2. The summed E-state index contributed by atoms with van der Waals surface area (Å²) in [6, 6.07) is 0.311. The van der Waals surface area contributed by atoms with Crippen LogP contribution in [0.3, 0.4) is 0 Å². The fraction of sp³-hybridized carbons (Fsp3) is 0.632. The van der Waals surface area contributed by atoms with Crippen molar-refractivity contribution in [2.45, 2.75) is 64.3 Å². The molecule has 0 radical (unpaired) electrons. The molecule has 0 aliphatic heterocycles. The fourth-order valence-electron chi connectivity index (χ4n) is 4.01. The number of amides is 1. The minimum atomic E-state index is -0.0450. The molecular weight excluding hydrogens is 334 g/mol. The second kappa shape index (κ2) is 7.28. The molecule has 1 saturated carbocycles. The van der Waals surface area contributed by atoms with E-state index in [-0.39, 0.29) is 12.5 Å². The van der Waals surface area contributed by atoms with Crippen molar-refractivity contribution in [1.29, 1.82) is 0 Å². The van der Waals surface area contributed by atoms with Crippen LogP contribution in [0.2, 0.25) is 0 Å². The molecule has 4 rings (SSSR count). The Morgan fingerprint density at radius 3 is 2.96 bits per heavy atom. The van der Waals surface area contributed by atoms with Gasteiger partial charge in [-0.1, -0.05) is 26.2 Å². The van der Waals surface area contributed by atoms with Crippen LogP contribution < -0.4 is 10.1 Å².